The van der Waals surface area contributed by atoms with Gasteiger partial charge < -0.3 is 5.32 Å². The maximum absolute atomic E-state index is 12.4. The normalized spacial score (nSPS) is 12.0. The lowest BCUT2D eigenvalue weighted by atomic mass is 9.97. The Labute approximate surface area is 159 Å². The Morgan fingerprint density at radius 1 is 1.11 bits per heavy atom. The summed E-state index contributed by atoms with van der Waals surface area (Å²) >= 11 is 0. The maximum Gasteiger partial charge on any atom is 0.248 e. The molecule has 6 nitrogen and oxygen atoms in total. The van der Waals surface area contributed by atoms with Crippen LogP contribution in [0.25, 0.3) is 11.4 Å². The second-order valence-electron chi connectivity index (χ2n) is 6.64. The number of hydrogen-bond acceptors (Lipinski definition) is 4. The number of amides is 1. The van der Waals surface area contributed by atoms with Gasteiger partial charge in [-0.15, -0.1) is 10.2 Å². The highest BCUT2D eigenvalue weighted by molar-refractivity contribution is 5.91. The lowest BCUT2D eigenvalue weighted by Gasteiger charge is -2.15. The topological polar surface area (TPSA) is 72.7 Å². The predicted molar refractivity (Wildman–Crippen MR) is 106 cm³/mol. The van der Waals surface area contributed by atoms with E-state index < -0.39 is 0 Å². The fourth-order valence-corrected chi connectivity index (χ4v) is 2.89. The van der Waals surface area contributed by atoms with Gasteiger partial charge in [0.25, 0.3) is 0 Å². The lowest BCUT2D eigenvalue weighted by molar-refractivity contribution is -0.117. The summed E-state index contributed by atoms with van der Waals surface area (Å²) in [6.07, 6.45) is 2.00. The number of rotatable bonds is 7. The van der Waals surface area contributed by atoms with Crippen molar-refractivity contribution in [3.8, 4) is 11.4 Å². The summed E-state index contributed by atoms with van der Waals surface area (Å²) in [5, 5.41) is 15.4. The summed E-state index contributed by atoms with van der Waals surface area (Å²) in [7, 11) is 0. The van der Waals surface area contributed by atoms with E-state index in [1.54, 1.807) is 0 Å². The summed E-state index contributed by atoms with van der Waals surface area (Å²) in [5.41, 5.74) is 4.12. The molecule has 6 heteroatoms. The summed E-state index contributed by atoms with van der Waals surface area (Å²) < 4.78 is 0. The highest BCUT2D eigenvalue weighted by Gasteiger charge is 2.13. The van der Waals surface area contributed by atoms with Crippen molar-refractivity contribution < 1.29 is 4.79 Å². The van der Waals surface area contributed by atoms with Crippen molar-refractivity contribution in [3.63, 3.8) is 0 Å². The van der Waals surface area contributed by atoms with E-state index in [0.29, 0.717) is 11.7 Å². The van der Waals surface area contributed by atoms with Crippen molar-refractivity contribution in [2.75, 3.05) is 5.32 Å². The van der Waals surface area contributed by atoms with Gasteiger partial charge in [0.05, 0.1) is 0 Å². The van der Waals surface area contributed by atoms with Crippen LogP contribution in [0.1, 0.15) is 44.2 Å². The molecule has 3 aromatic rings. The molecule has 1 N–H and O–H groups in total. The van der Waals surface area contributed by atoms with Crippen LogP contribution in [0.4, 0.5) is 5.69 Å². The van der Waals surface area contributed by atoms with Gasteiger partial charge in [-0.1, -0.05) is 63.2 Å². The van der Waals surface area contributed by atoms with E-state index in [4.69, 9.17) is 0 Å². The van der Waals surface area contributed by atoms with E-state index in [2.05, 4.69) is 59.7 Å². The second kappa shape index (κ2) is 8.58. The number of aryl methyl sites for hydroxylation is 1. The quantitative estimate of drug-likeness (QED) is 0.687. The molecule has 2 aromatic carbocycles. The van der Waals surface area contributed by atoms with Crippen molar-refractivity contribution in [2.24, 2.45) is 0 Å². The zero-order valence-corrected chi connectivity index (χ0v) is 16.0. The molecule has 1 amide bonds. The van der Waals surface area contributed by atoms with Gasteiger partial charge in [0, 0.05) is 11.3 Å². The minimum atomic E-state index is -0.170. The zero-order chi connectivity index (χ0) is 19.2. The molecule has 1 atom stereocenters. The van der Waals surface area contributed by atoms with Gasteiger partial charge in [0.2, 0.25) is 11.7 Å². The molecule has 27 heavy (non-hydrogen) atoms. The molecule has 0 aliphatic heterocycles. The minimum absolute atomic E-state index is 0.0227. The highest BCUT2D eigenvalue weighted by atomic mass is 16.2. The third-order valence-corrected chi connectivity index (χ3v) is 4.74. The molecule has 0 aliphatic rings. The molecule has 0 saturated carbocycles. The van der Waals surface area contributed by atoms with Gasteiger partial charge in [0.15, 0.2) is 0 Å². The van der Waals surface area contributed by atoms with Gasteiger partial charge in [0.1, 0.15) is 6.54 Å². The lowest BCUT2D eigenvalue weighted by Crippen LogP contribution is -2.21. The van der Waals surface area contributed by atoms with Crippen LogP contribution in [0.2, 0.25) is 0 Å². The van der Waals surface area contributed by atoms with Crippen LogP contribution in [-0.2, 0) is 17.8 Å². The number of carbonyl (C=O) groups excluding carboxylic acids is 1. The average Bonchev–Trinajstić information content (AvgIpc) is 3.16. The third-order valence-electron chi connectivity index (χ3n) is 4.74. The molecule has 1 aromatic heterocycles. The summed E-state index contributed by atoms with van der Waals surface area (Å²) in [4.78, 5) is 13.8. The van der Waals surface area contributed by atoms with Crippen LogP contribution in [0, 0.1) is 0 Å². The zero-order valence-electron chi connectivity index (χ0n) is 16.0. The molecule has 0 unspecified atom stereocenters. The number of nitrogens with zero attached hydrogens (tertiary/aromatic N) is 4. The molecular formula is C21H25N5O. The van der Waals surface area contributed by atoms with Gasteiger partial charge in [-0.05, 0) is 41.2 Å². The Morgan fingerprint density at radius 2 is 1.85 bits per heavy atom. The maximum atomic E-state index is 12.4. The Balaban J connectivity index is 1.68. The van der Waals surface area contributed by atoms with Crippen LogP contribution in [0.5, 0.6) is 0 Å². The van der Waals surface area contributed by atoms with E-state index in [1.807, 2.05) is 30.3 Å². The van der Waals surface area contributed by atoms with Crippen LogP contribution in [0.3, 0.4) is 0 Å². The number of benzene rings is 2. The number of hydrogen-bond donors (Lipinski definition) is 1. The van der Waals surface area contributed by atoms with Gasteiger partial charge in [-0.3, -0.25) is 4.79 Å². The summed E-state index contributed by atoms with van der Waals surface area (Å²) in [6.45, 7) is 6.42. The Bertz CT molecular complexity index is 901. The van der Waals surface area contributed by atoms with Gasteiger partial charge >= 0.3 is 0 Å². The Hall–Kier alpha value is -3.02. The molecular weight excluding hydrogens is 338 g/mol. The smallest absolute Gasteiger partial charge is 0.248 e. The Kier molecular flexibility index (Phi) is 5.96. The second-order valence-corrected chi connectivity index (χ2v) is 6.64. The molecule has 0 aliphatic carbocycles. The summed E-state index contributed by atoms with van der Waals surface area (Å²) in [5.74, 6) is 0.727. The number of tetrazole rings is 1. The van der Waals surface area contributed by atoms with E-state index in [-0.39, 0.29) is 12.5 Å². The molecule has 0 spiro atoms. The third kappa shape index (κ3) is 4.58. The number of anilines is 1. The van der Waals surface area contributed by atoms with Crippen LogP contribution >= 0.6 is 0 Å². The van der Waals surface area contributed by atoms with Crippen LogP contribution < -0.4 is 5.32 Å². The van der Waals surface area contributed by atoms with Crippen molar-refractivity contribution >= 4 is 11.6 Å². The Morgan fingerprint density at radius 3 is 2.56 bits per heavy atom. The fourth-order valence-electron chi connectivity index (χ4n) is 2.89. The van der Waals surface area contributed by atoms with Gasteiger partial charge in [-0.25, -0.2) is 0 Å². The standard InChI is InChI=1S/C21H25N5O/c1-4-15(3)18-8-6-7-9-19(18)22-20(27)14-26-24-21(23-25-26)17-12-10-16(5-2)11-13-17/h6-13,15H,4-5,14H2,1-3H3,(H,22,27)/t15-/m0/s1. The number of aromatic nitrogens is 4. The summed E-state index contributed by atoms with van der Waals surface area (Å²) in [6, 6.07) is 15.9. The van der Waals surface area contributed by atoms with Crippen molar-refractivity contribution in [1.82, 2.24) is 20.2 Å². The highest BCUT2D eigenvalue weighted by Crippen LogP contribution is 2.26. The van der Waals surface area contributed by atoms with E-state index in [1.165, 1.54) is 10.4 Å². The first-order chi connectivity index (χ1) is 13.1. The molecule has 0 radical (unpaired) electrons. The monoisotopic (exact) mass is 363 g/mol. The fraction of sp³-hybridized carbons (Fsp3) is 0.333. The molecule has 1 heterocycles. The van der Waals surface area contributed by atoms with Crippen molar-refractivity contribution in [1.29, 1.82) is 0 Å². The minimum Gasteiger partial charge on any atom is -0.324 e. The van der Waals surface area contributed by atoms with Crippen LogP contribution in [0.15, 0.2) is 48.5 Å². The number of carbonyl (C=O) groups is 1. The molecule has 0 bridgehead atoms. The predicted octanol–water partition coefficient (Wildman–Crippen LogP) is 4.05. The molecule has 140 valence electrons. The number of para-hydroxylation sites is 1. The van der Waals surface area contributed by atoms with E-state index in [0.717, 1.165) is 29.7 Å². The average molecular weight is 363 g/mol. The molecule has 3 rings (SSSR count). The van der Waals surface area contributed by atoms with E-state index in [9.17, 15) is 4.79 Å². The molecule has 0 saturated heterocycles. The van der Waals surface area contributed by atoms with Crippen molar-refractivity contribution in [2.45, 2.75) is 46.1 Å². The van der Waals surface area contributed by atoms with E-state index >= 15 is 0 Å². The largest absolute Gasteiger partial charge is 0.324 e. The SMILES string of the molecule is CCc1ccc(-c2nnn(CC(=O)Nc3ccccc3[C@@H](C)CC)n2)cc1. The first-order valence-electron chi connectivity index (χ1n) is 9.36. The van der Waals surface area contributed by atoms with Gasteiger partial charge in [-0.2, -0.15) is 4.80 Å². The molecule has 0 fully saturated rings. The van der Waals surface area contributed by atoms with Crippen LogP contribution in [-0.4, -0.2) is 26.1 Å². The first-order valence-corrected chi connectivity index (χ1v) is 9.36. The number of nitrogens with one attached hydrogen (secondary N) is 1. The van der Waals surface area contributed by atoms with Crippen molar-refractivity contribution in [3.05, 3.63) is 59.7 Å². The first kappa shape index (κ1) is 18.8.